The van der Waals surface area contributed by atoms with E-state index in [1.54, 1.807) is 24.3 Å². The highest BCUT2D eigenvalue weighted by Gasteiger charge is 2.36. The Hall–Kier alpha value is -3.03. The van der Waals surface area contributed by atoms with Crippen molar-refractivity contribution < 1.29 is 23.9 Å². The molecule has 0 aromatic heterocycles. The van der Waals surface area contributed by atoms with Gasteiger partial charge in [-0.05, 0) is 61.4 Å². The van der Waals surface area contributed by atoms with Crippen molar-refractivity contribution in [2.75, 3.05) is 18.1 Å². The quantitative estimate of drug-likeness (QED) is 0.184. The molecule has 0 atom stereocenters. The molecule has 0 spiro atoms. The van der Waals surface area contributed by atoms with Crippen LogP contribution in [0.3, 0.4) is 0 Å². The van der Waals surface area contributed by atoms with Crippen molar-refractivity contribution in [3.8, 4) is 11.5 Å². The van der Waals surface area contributed by atoms with Crippen LogP contribution in [0, 0.1) is 0 Å². The predicted octanol–water partition coefficient (Wildman–Crippen LogP) is 6.80. The maximum absolute atomic E-state index is 13.1. The Morgan fingerprint density at radius 2 is 1.61 bits per heavy atom. The fourth-order valence-electron chi connectivity index (χ4n) is 3.78. The normalized spacial score (nSPS) is 14.8. The van der Waals surface area contributed by atoms with Crippen LogP contribution in [0.15, 0.2) is 42.0 Å². The topological polar surface area (TPSA) is 84.9 Å². The number of nitrogens with zero attached hydrogens (tertiary/aromatic N) is 1. The Bertz CT molecular complexity index is 1130. The van der Waals surface area contributed by atoms with Gasteiger partial charge in [0.2, 0.25) is 0 Å². The molecule has 1 N–H and O–H groups in total. The first-order valence-electron chi connectivity index (χ1n) is 12.1. The zero-order valence-electron chi connectivity index (χ0n) is 20.4. The molecule has 1 aliphatic rings. The van der Waals surface area contributed by atoms with E-state index in [-0.39, 0.29) is 11.3 Å². The van der Waals surface area contributed by atoms with E-state index in [1.165, 1.54) is 43.9 Å². The molecule has 4 amide bonds. The predicted molar refractivity (Wildman–Crippen MR) is 142 cm³/mol. The van der Waals surface area contributed by atoms with Gasteiger partial charge in [-0.15, -0.1) is 0 Å². The van der Waals surface area contributed by atoms with Gasteiger partial charge >= 0.3 is 6.03 Å². The van der Waals surface area contributed by atoms with Crippen molar-refractivity contribution in [3.63, 3.8) is 0 Å². The summed E-state index contributed by atoms with van der Waals surface area (Å²) < 4.78 is 11.7. The molecular weight excluding hydrogens is 503 g/mol. The molecule has 1 aliphatic heterocycles. The number of halogens is 2. The molecule has 7 nitrogen and oxygen atoms in total. The van der Waals surface area contributed by atoms with Crippen LogP contribution < -0.4 is 19.7 Å². The largest absolute Gasteiger partial charge is 0.490 e. The number of hydrogen-bond donors (Lipinski definition) is 1. The maximum Gasteiger partial charge on any atom is 0.335 e. The summed E-state index contributed by atoms with van der Waals surface area (Å²) in [7, 11) is 0. The second kappa shape index (κ2) is 13.3. The SMILES string of the molecule is CCCCCCCCOc1c(Cl)cc(/C=C2/C(=O)NC(=O)N(c3ccc(Cl)cc3)C2=O)cc1OCC. The molecule has 0 radical (unpaired) electrons. The number of ether oxygens (including phenoxy) is 2. The summed E-state index contributed by atoms with van der Waals surface area (Å²) in [5, 5.41) is 2.95. The fraction of sp³-hybridized carbons (Fsp3) is 0.370. The van der Waals surface area contributed by atoms with Crippen molar-refractivity contribution >= 4 is 52.8 Å². The molecule has 9 heteroatoms. The minimum absolute atomic E-state index is 0.219. The summed E-state index contributed by atoms with van der Waals surface area (Å²) in [5.41, 5.74) is 0.523. The lowest BCUT2D eigenvalue weighted by Crippen LogP contribution is -2.54. The zero-order chi connectivity index (χ0) is 26.1. The second-order valence-corrected chi connectivity index (χ2v) is 9.16. The van der Waals surface area contributed by atoms with Gasteiger partial charge in [0.05, 0.1) is 23.9 Å². The van der Waals surface area contributed by atoms with Crippen LogP contribution in [0.25, 0.3) is 6.08 Å². The van der Waals surface area contributed by atoms with Crippen LogP contribution in [0.4, 0.5) is 10.5 Å². The summed E-state index contributed by atoms with van der Waals surface area (Å²) in [5.74, 6) is -0.722. The van der Waals surface area contributed by atoms with Crippen molar-refractivity contribution in [1.29, 1.82) is 0 Å². The summed E-state index contributed by atoms with van der Waals surface area (Å²) in [6.07, 6.45) is 8.18. The second-order valence-electron chi connectivity index (χ2n) is 8.31. The highest BCUT2D eigenvalue weighted by molar-refractivity contribution is 6.39. The first-order valence-corrected chi connectivity index (χ1v) is 12.9. The van der Waals surface area contributed by atoms with Crippen LogP contribution in [0.2, 0.25) is 10.0 Å². The van der Waals surface area contributed by atoms with Gasteiger partial charge in [0.1, 0.15) is 5.57 Å². The van der Waals surface area contributed by atoms with Gasteiger partial charge in [0.15, 0.2) is 11.5 Å². The molecule has 1 saturated heterocycles. The Kier molecular flexibility index (Phi) is 10.2. The highest BCUT2D eigenvalue weighted by Crippen LogP contribution is 2.38. The van der Waals surface area contributed by atoms with Gasteiger partial charge in [0.25, 0.3) is 11.8 Å². The van der Waals surface area contributed by atoms with Crippen LogP contribution in [0.5, 0.6) is 11.5 Å². The van der Waals surface area contributed by atoms with Crippen molar-refractivity contribution in [3.05, 3.63) is 57.6 Å². The summed E-state index contributed by atoms with van der Waals surface area (Å²) in [4.78, 5) is 38.9. The number of benzene rings is 2. The maximum atomic E-state index is 13.1. The average molecular weight is 533 g/mol. The van der Waals surface area contributed by atoms with Crippen LogP contribution >= 0.6 is 23.2 Å². The smallest absolute Gasteiger partial charge is 0.335 e. The van der Waals surface area contributed by atoms with Crippen molar-refractivity contribution in [2.24, 2.45) is 0 Å². The third-order valence-corrected chi connectivity index (χ3v) is 6.11. The fourth-order valence-corrected chi connectivity index (χ4v) is 4.18. The molecule has 36 heavy (non-hydrogen) atoms. The van der Waals surface area contributed by atoms with E-state index < -0.39 is 17.8 Å². The molecular formula is C27H30Cl2N2O5. The molecule has 0 unspecified atom stereocenters. The van der Waals surface area contributed by atoms with Crippen LogP contribution in [-0.2, 0) is 9.59 Å². The van der Waals surface area contributed by atoms with Gasteiger partial charge in [-0.2, -0.15) is 0 Å². The Morgan fingerprint density at radius 3 is 2.31 bits per heavy atom. The molecule has 192 valence electrons. The molecule has 0 saturated carbocycles. The Balaban J connectivity index is 1.81. The number of barbiturate groups is 1. The lowest BCUT2D eigenvalue weighted by molar-refractivity contribution is -0.122. The number of imide groups is 2. The van der Waals surface area contributed by atoms with Crippen molar-refractivity contribution in [2.45, 2.75) is 52.4 Å². The third kappa shape index (κ3) is 7.02. The molecule has 0 bridgehead atoms. The summed E-state index contributed by atoms with van der Waals surface area (Å²) in [6, 6.07) is 8.56. The minimum atomic E-state index is -0.837. The van der Waals surface area contributed by atoms with Crippen LogP contribution in [0.1, 0.15) is 57.9 Å². The van der Waals surface area contributed by atoms with Gasteiger partial charge in [-0.1, -0.05) is 62.2 Å². The minimum Gasteiger partial charge on any atom is -0.490 e. The van der Waals surface area contributed by atoms with Crippen molar-refractivity contribution in [1.82, 2.24) is 5.32 Å². The lowest BCUT2D eigenvalue weighted by Gasteiger charge is -2.26. The number of nitrogens with one attached hydrogen (secondary N) is 1. The monoisotopic (exact) mass is 532 g/mol. The Morgan fingerprint density at radius 1 is 0.917 bits per heavy atom. The van der Waals surface area contributed by atoms with E-state index in [0.29, 0.717) is 40.3 Å². The number of carbonyl (C=O) groups is 3. The molecule has 0 aliphatic carbocycles. The number of carbonyl (C=O) groups excluding carboxylic acids is 3. The lowest BCUT2D eigenvalue weighted by atomic mass is 10.1. The first kappa shape index (κ1) is 27.6. The average Bonchev–Trinajstić information content (AvgIpc) is 2.84. The standard InChI is InChI=1S/C27H30Cl2N2O5/c1-3-5-6-7-8-9-14-36-24-22(29)16-18(17-23(24)35-4-2)15-21-25(32)30-27(34)31(26(21)33)20-12-10-19(28)11-13-20/h10-13,15-17H,3-9,14H2,1-2H3,(H,30,32,34)/b21-15-. The number of rotatable bonds is 12. The number of amides is 4. The van der Waals surface area contributed by atoms with E-state index >= 15 is 0 Å². The van der Waals surface area contributed by atoms with E-state index in [4.69, 9.17) is 32.7 Å². The summed E-state index contributed by atoms with van der Waals surface area (Å²) in [6.45, 7) is 4.91. The highest BCUT2D eigenvalue weighted by atomic mass is 35.5. The van der Waals surface area contributed by atoms with E-state index in [2.05, 4.69) is 12.2 Å². The molecule has 2 aromatic carbocycles. The molecule has 2 aromatic rings. The number of urea groups is 1. The summed E-state index contributed by atoms with van der Waals surface area (Å²) >= 11 is 12.4. The van der Waals surface area contributed by atoms with Gasteiger partial charge in [0, 0.05) is 5.02 Å². The Labute approximate surface area is 221 Å². The third-order valence-electron chi connectivity index (χ3n) is 5.57. The molecule has 3 rings (SSSR count). The van der Waals surface area contributed by atoms with Gasteiger partial charge in [-0.25, -0.2) is 9.69 Å². The van der Waals surface area contributed by atoms with E-state index in [1.807, 2.05) is 6.92 Å². The number of anilines is 1. The van der Waals surface area contributed by atoms with E-state index in [9.17, 15) is 14.4 Å². The first-order chi connectivity index (χ1) is 17.3. The molecule has 1 heterocycles. The van der Waals surface area contributed by atoms with Gasteiger partial charge in [-0.3, -0.25) is 14.9 Å². The van der Waals surface area contributed by atoms with Crippen LogP contribution in [-0.4, -0.2) is 31.1 Å². The number of hydrogen-bond acceptors (Lipinski definition) is 5. The molecule has 1 fully saturated rings. The van der Waals surface area contributed by atoms with Gasteiger partial charge < -0.3 is 9.47 Å². The van der Waals surface area contributed by atoms with E-state index in [0.717, 1.165) is 17.7 Å². The zero-order valence-corrected chi connectivity index (χ0v) is 22.0. The number of unbranched alkanes of at least 4 members (excludes halogenated alkanes) is 5.